The van der Waals surface area contributed by atoms with Crippen molar-refractivity contribution in [3.63, 3.8) is 0 Å². The summed E-state index contributed by atoms with van der Waals surface area (Å²) < 4.78 is 4.46. The summed E-state index contributed by atoms with van der Waals surface area (Å²) >= 11 is 0. The number of carboxylic acid groups (broad SMARTS) is 2. The number of hydrogen-bond acceptors (Lipinski definition) is 5. The molecule has 0 aromatic heterocycles. The van der Waals surface area contributed by atoms with Crippen LogP contribution in [0.3, 0.4) is 0 Å². The zero-order valence-corrected chi connectivity index (χ0v) is 9.25. The number of rotatable bonds is 5. The zero-order valence-electron chi connectivity index (χ0n) is 9.25. The number of esters is 1. The molecule has 0 heterocycles. The quantitative estimate of drug-likeness (QED) is 0.454. The summed E-state index contributed by atoms with van der Waals surface area (Å²) in [7, 11) is 0. The van der Waals surface area contributed by atoms with Gasteiger partial charge in [-0.1, -0.05) is 6.58 Å². The molecule has 0 rings (SSSR count). The molecular weight excluding hydrogens is 232 g/mol. The summed E-state index contributed by atoms with van der Waals surface area (Å²) in [6, 6.07) is 0. The van der Waals surface area contributed by atoms with E-state index in [1.54, 1.807) is 6.92 Å². The van der Waals surface area contributed by atoms with Crippen molar-refractivity contribution in [1.82, 2.24) is 0 Å². The zero-order chi connectivity index (χ0) is 13.8. The van der Waals surface area contributed by atoms with Crippen LogP contribution in [0.15, 0.2) is 24.3 Å². The Labute approximate surface area is 97.6 Å². The first-order valence-corrected chi connectivity index (χ1v) is 4.38. The fraction of sp³-hybridized carbons (Fsp3) is 0.300. The molecule has 3 N–H and O–H groups in total. The first-order valence-electron chi connectivity index (χ1n) is 4.38. The summed E-state index contributed by atoms with van der Waals surface area (Å²) in [5.74, 6) is -2.97. The van der Waals surface area contributed by atoms with Crippen molar-refractivity contribution in [2.45, 2.75) is 6.92 Å². The molecule has 7 nitrogen and oxygen atoms in total. The van der Waals surface area contributed by atoms with Crippen molar-refractivity contribution in [1.29, 1.82) is 0 Å². The van der Waals surface area contributed by atoms with Gasteiger partial charge in [0.1, 0.15) is 6.61 Å². The lowest BCUT2D eigenvalue weighted by molar-refractivity contribution is -0.140. The smallest absolute Gasteiger partial charge is 0.333 e. The van der Waals surface area contributed by atoms with Gasteiger partial charge in [0.25, 0.3) is 0 Å². The molecule has 0 aromatic rings. The number of carbonyl (C=O) groups is 3. The minimum atomic E-state index is -1.26. The van der Waals surface area contributed by atoms with E-state index in [1.807, 2.05) is 0 Å². The summed E-state index contributed by atoms with van der Waals surface area (Å²) in [6.45, 7) is 4.81. The van der Waals surface area contributed by atoms with Crippen LogP contribution in [0.4, 0.5) is 0 Å². The van der Waals surface area contributed by atoms with Gasteiger partial charge < -0.3 is 20.1 Å². The van der Waals surface area contributed by atoms with E-state index in [0.717, 1.165) is 0 Å². The molecule has 0 saturated heterocycles. The van der Waals surface area contributed by atoms with E-state index in [1.165, 1.54) is 0 Å². The van der Waals surface area contributed by atoms with Crippen LogP contribution in [0.1, 0.15) is 6.92 Å². The fourth-order valence-corrected chi connectivity index (χ4v) is 0.404. The Hall–Kier alpha value is -2.15. The summed E-state index contributed by atoms with van der Waals surface area (Å²) in [5.41, 5.74) is 0.350. The van der Waals surface area contributed by atoms with E-state index >= 15 is 0 Å². The lowest BCUT2D eigenvalue weighted by Gasteiger charge is -1.99. The van der Waals surface area contributed by atoms with Gasteiger partial charge in [-0.15, -0.1) is 0 Å². The molecule has 17 heavy (non-hydrogen) atoms. The molecule has 0 fully saturated rings. The molecule has 0 saturated carbocycles. The summed E-state index contributed by atoms with van der Waals surface area (Å²) in [4.78, 5) is 29.6. The van der Waals surface area contributed by atoms with Crippen molar-refractivity contribution in [3.05, 3.63) is 24.3 Å². The van der Waals surface area contributed by atoms with E-state index in [2.05, 4.69) is 11.3 Å². The van der Waals surface area contributed by atoms with E-state index in [4.69, 9.17) is 15.3 Å². The van der Waals surface area contributed by atoms with Crippen molar-refractivity contribution in [3.8, 4) is 0 Å². The molecule has 0 aliphatic rings. The van der Waals surface area contributed by atoms with Crippen molar-refractivity contribution in [2.75, 3.05) is 13.2 Å². The molecule has 0 aliphatic carbocycles. The number of ether oxygens (including phenoxy) is 1. The van der Waals surface area contributed by atoms with Crippen LogP contribution >= 0.6 is 0 Å². The van der Waals surface area contributed by atoms with Gasteiger partial charge in [-0.05, 0) is 6.92 Å². The lowest BCUT2D eigenvalue weighted by Crippen LogP contribution is -2.08. The third-order valence-corrected chi connectivity index (χ3v) is 1.04. The van der Waals surface area contributed by atoms with Gasteiger partial charge in [0.05, 0.1) is 6.61 Å². The van der Waals surface area contributed by atoms with Crippen LogP contribution in [0.25, 0.3) is 0 Å². The van der Waals surface area contributed by atoms with Crippen LogP contribution in [0.5, 0.6) is 0 Å². The second kappa shape index (κ2) is 10.4. The van der Waals surface area contributed by atoms with E-state index in [9.17, 15) is 14.4 Å². The van der Waals surface area contributed by atoms with Crippen LogP contribution in [0, 0.1) is 0 Å². The summed E-state index contributed by atoms with van der Waals surface area (Å²) in [6.07, 6.45) is 1.12. The van der Waals surface area contributed by atoms with Crippen molar-refractivity contribution in [2.24, 2.45) is 0 Å². The normalized spacial score (nSPS) is 9.06. The minimum Gasteiger partial charge on any atom is -0.478 e. The average molecular weight is 246 g/mol. The maximum Gasteiger partial charge on any atom is 0.333 e. The van der Waals surface area contributed by atoms with Gasteiger partial charge in [-0.25, -0.2) is 14.4 Å². The molecule has 0 unspecified atom stereocenters. The molecule has 0 aromatic carbocycles. The van der Waals surface area contributed by atoms with E-state index in [0.29, 0.717) is 17.7 Å². The number of aliphatic carboxylic acids is 2. The Morgan fingerprint density at radius 1 is 1.18 bits per heavy atom. The average Bonchev–Trinajstić information content (AvgIpc) is 2.23. The van der Waals surface area contributed by atoms with Crippen molar-refractivity contribution >= 4 is 17.9 Å². The third-order valence-electron chi connectivity index (χ3n) is 1.04. The second-order valence-electron chi connectivity index (χ2n) is 2.65. The van der Waals surface area contributed by atoms with Crippen molar-refractivity contribution < 1.29 is 34.4 Å². The molecule has 0 bridgehead atoms. The number of carboxylic acids is 2. The highest BCUT2D eigenvalue weighted by Crippen LogP contribution is 1.89. The largest absolute Gasteiger partial charge is 0.478 e. The van der Waals surface area contributed by atoms with Gasteiger partial charge in [0, 0.05) is 17.7 Å². The topological polar surface area (TPSA) is 121 Å². The second-order valence-corrected chi connectivity index (χ2v) is 2.65. The van der Waals surface area contributed by atoms with Crippen LogP contribution in [-0.4, -0.2) is 46.4 Å². The highest BCUT2D eigenvalue weighted by molar-refractivity contribution is 5.89. The molecular formula is C10H14O7. The molecule has 96 valence electrons. The molecule has 7 heteroatoms. The first-order chi connectivity index (χ1) is 7.81. The summed E-state index contributed by atoms with van der Waals surface area (Å²) in [5, 5.41) is 23.8. The molecule has 0 amide bonds. The monoisotopic (exact) mass is 246 g/mol. The van der Waals surface area contributed by atoms with E-state index < -0.39 is 17.9 Å². The highest BCUT2D eigenvalue weighted by atomic mass is 16.5. The van der Waals surface area contributed by atoms with E-state index in [-0.39, 0.29) is 13.2 Å². The highest BCUT2D eigenvalue weighted by Gasteiger charge is 1.99. The Balaban J connectivity index is 0. The van der Waals surface area contributed by atoms with Gasteiger partial charge in [0.15, 0.2) is 0 Å². The predicted octanol–water partition coefficient (Wildman–Crippen LogP) is -0.190. The number of aliphatic hydroxyl groups excluding tert-OH is 1. The fourth-order valence-electron chi connectivity index (χ4n) is 0.404. The maximum absolute atomic E-state index is 10.5. The Kier molecular flexibility index (Phi) is 10.5. The molecule has 0 atom stereocenters. The van der Waals surface area contributed by atoms with Crippen LogP contribution < -0.4 is 0 Å². The van der Waals surface area contributed by atoms with Crippen LogP contribution in [0.2, 0.25) is 0 Å². The van der Waals surface area contributed by atoms with Gasteiger partial charge in [-0.3, -0.25) is 0 Å². The number of hydrogen-bond donors (Lipinski definition) is 3. The maximum atomic E-state index is 10.5. The first kappa shape index (κ1) is 17.3. The standard InChI is InChI=1S/C6H10O3.C4H4O4/c1-5(2)6(8)9-4-3-7;5-3(6)1-2-4(7)8/h7H,1,3-4H2,2H3;1-2H,(H,5,6)(H,7,8)/b;2-1-. The molecule has 0 radical (unpaired) electrons. The Bertz CT molecular complexity index is 301. The predicted molar refractivity (Wildman–Crippen MR) is 57.3 cm³/mol. The number of carbonyl (C=O) groups excluding carboxylic acids is 1. The Morgan fingerprint density at radius 2 is 1.59 bits per heavy atom. The third kappa shape index (κ3) is 16.5. The number of aliphatic hydroxyl groups is 1. The molecule has 0 spiro atoms. The van der Waals surface area contributed by atoms with Gasteiger partial charge in [0.2, 0.25) is 0 Å². The lowest BCUT2D eigenvalue weighted by atomic mass is 10.4. The Morgan fingerprint density at radius 3 is 1.82 bits per heavy atom. The SMILES string of the molecule is C=C(C)C(=O)OCCO.O=C(O)/C=C\C(=O)O. The van der Waals surface area contributed by atoms with Gasteiger partial charge >= 0.3 is 17.9 Å². The minimum absolute atomic E-state index is 0.0473. The molecule has 0 aliphatic heterocycles. The van der Waals surface area contributed by atoms with Gasteiger partial charge in [-0.2, -0.15) is 0 Å². The van der Waals surface area contributed by atoms with Crippen LogP contribution in [-0.2, 0) is 19.1 Å².